The van der Waals surface area contributed by atoms with Crippen molar-refractivity contribution in [2.75, 3.05) is 0 Å². The van der Waals surface area contributed by atoms with Gasteiger partial charge in [-0.15, -0.1) is 0 Å². The van der Waals surface area contributed by atoms with Crippen LogP contribution >= 0.6 is 0 Å². The summed E-state index contributed by atoms with van der Waals surface area (Å²) >= 11 is 0. The van der Waals surface area contributed by atoms with Crippen LogP contribution in [0.3, 0.4) is 0 Å². The second-order valence-electron chi connectivity index (χ2n) is 4.67. The predicted octanol–water partition coefficient (Wildman–Crippen LogP) is 3.37. The summed E-state index contributed by atoms with van der Waals surface area (Å²) in [5.41, 5.74) is 2.71. The molecule has 0 heterocycles. The fourth-order valence-electron chi connectivity index (χ4n) is 2.05. The predicted molar refractivity (Wildman–Crippen MR) is 60.0 cm³/mol. The Labute approximate surface area is 86.9 Å². The van der Waals surface area contributed by atoms with Gasteiger partial charge in [0.1, 0.15) is 6.29 Å². The number of rotatable bonds is 2. The van der Waals surface area contributed by atoms with Gasteiger partial charge in [-0.3, -0.25) is 0 Å². The standard InChI is InChI=1S/C13H20O/c1-9(2)5-12-6-10(3)11(4)7-13(12)8-14/h5-6,8,11-13H,7H2,1-4H3. The average Bonchev–Trinajstić information content (AvgIpc) is 2.10. The number of allylic oxidation sites excluding steroid dienone is 4. The number of hydrogen-bond donors (Lipinski definition) is 0. The summed E-state index contributed by atoms with van der Waals surface area (Å²) in [6.45, 7) is 8.53. The molecule has 78 valence electrons. The Kier molecular flexibility index (Phi) is 3.68. The number of aldehydes is 1. The molecule has 0 fully saturated rings. The first-order valence-electron chi connectivity index (χ1n) is 5.33. The molecule has 0 aromatic rings. The van der Waals surface area contributed by atoms with Crippen LogP contribution in [-0.2, 0) is 4.79 Å². The summed E-state index contributed by atoms with van der Waals surface area (Å²) in [4.78, 5) is 10.9. The van der Waals surface area contributed by atoms with Gasteiger partial charge in [0, 0.05) is 11.8 Å². The molecule has 0 amide bonds. The van der Waals surface area contributed by atoms with E-state index in [0.29, 0.717) is 11.8 Å². The molecule has 0 bridgehead atoms. The lowest BCUT2D eigenvalue weighted by Crippen LogP contribution is -2.22. The SMILES string of the molecule is CC(C)=CC1C=C(C)C(C)CC1C=O. The van der Waals surface area contributed by atoms with E-state index >= 15 is 0 Å². The van der Waals surface area contributed by atoms with E-state index in [2.05, 4.69) is 39.8 Å². The maximum absolute atomic E-state index is 10.9. The fourth-order valence-corrected chi connectivity index (χ4v) is 2.05. The van der Waals surface area contributed by atoms with E-state index in [1.54, 1.807) is 0 Å². The van der Waals surface area contributed by atoms with Gasteiger partial charge in [0.05, 0.1) is 0 Å². The lowest BCUT2D eigenvalue weighted by Gasteiger charge is -2.28. The maximum Gasteiger partial charge on any atom is 0.123 e. The largest absolute Gasteiger partial charge is 0.303 e. The van der Waals surface area contributed by atoms with Gasteiger partial charge in [-0.05, 0) is 33.1 Å². The van der Waals surface area contributed by atoms with Crippen LogP contribution in [0.4, 0.5) is 0 Å². The second-order valence-corrected chi connectivity index (χ2v) is 4.67. The monoisotopic (exact) mass is 192 g/mol. The van der Waals surface area contributed by atoms with Crippen molar-refractivity contribution in [3.63, 3.8) is 0 Å². The quantitative estimate of drug-likeness (QED) is 0.484. The minimum absolute atomic E-state index is 0.184. The van der Waals surface area contributed by atoms with E-state index in [-0.39, 0.29) is 5.92 Å². The minimum atomic E-state index is 0.184. The van der Waals surface area contributed by atoms with Crippen molar-refractivity contribution in [2.45, 2.75) is 34.1 Å². The fraction of sp³-hybridized carbons (Fsp3) is 0.615. The molecule has 0 radical (unpaired) electrons. The average molecular weight is 192 g/mol. The van der Waals surface area contributed by atoms with Crippen molar-refractivity contribution in [3.8, 4) is 0 Å². The van der Waals surface area contributed by atoms with Gasteiger partial charge in [-0.25, -0.2) is 0 Å². The van der Waals surface area contributed by atoms with E-state index in [0.717, 1.165) is 12.7 Å². The molecule has 0 aromatic heterocycles. The van der Waals surface area contributed by atoms with Crippen molar-refractivity contribution in [2.24, 2.45) is 17.8 Å². The third-order valence-electron chi connectivity index (χ3n) is 3.05. The van der Waals surface area contributed by atoms with E-state index in [1.165, 1.54) is 11.1 Å². The number of hydrogen-bond acceptors (Lipinski definition) is 1. The van der Waals surface area contributed by atoms with Crippen LogP contribution in [-0.4, -0.2) is 6.29 Å². The van der Waals surface area contributed by atoms with Crippen molar-refractivity contribution in [3.05, 3.63) is 23.3 Å². The zero-order valence-electron chi connectivity index (χ0n) is 9.58. The Bertz CT molecular complexity index is 269. The zero-order chi connectivity index (χ0) is 10.7. The van der Waals surface area contributed by atoms with Crippen molar-refractivity contribution in [1.29, 1.82) is 0 Å². The highest BCUT2D eigenvalue weighted by Gasteiger charge is 2.25. The molecule has 1 heteroatoms. The van der Waals surface area contributed by atoms with Crippen molar-refractivity contribution < 1.29 is 4.79 Å². The van der Waals surface area contributed by atoms with Crippen molar-refractivity contribution in [1.82, 2.24) is 0 Å². The Morgan fingerprint density at radius 2 is 2.14 bits per heavy atom. The van der Waals surface area contributed by atoms with E-state index in [9.17, 15) is 4.79 Å². The molecule has 0 aromatic carbocycles. The molecule has 3 atom stereocenters. The third-order valence-corrected chi connectivity index (χ3v) is 3.05. The molecule has 1 nitrogen and oxygen atoms in total. The van der Waals surface area contributed by atoms with Crippen molar-refractivity contribution >= 4 is 6.29 Å². The van der Waals surface area contributed by atoms with Gasteiger partial charge in [0.2, 0.25) is 0 Å². The molecule has 14 heavy (non-hydrogen) atoms. The third kappa shape index (κ3) is 2.57. The summed E-state index contributed by atoms with van der Waals surface area (Å²) in [7, 11) is 0. The molecule has 0 saturated heterocycles. The van der Waals surface area contributed by atoms with E-state index in [1.807, 2.05) is 0 Å². The molecular formula is C13H20O. The molecule has 0 aliphatic heterocycles. The summed E-state index contributed by atoms with van der Waals surface area (Å²) in [6.07, 6.45) is 6.57. The van der Waals surface area contributed by atoms with E-state index in [4.69, 9.17) is 0 Å². The normalized spacial score (nSPS) is 32.0. The van der Waals surface area contributed by atoms with Crippen LogP contribution in [0.15, 0.2) is 23.3 Å². The van der Waals surface area contributed by atoms with Crippen LogP contribution in [0.2, 0.25) is 0 Å². The molecule has 0 N–H and O–H groups in total. The highest BCUT2D eigenvalue weighted by atomic mass is 16.1. The lowest BCUT2D eigenvalue weighted by atomic mass is 9.76. The van der Waals surface area contributed by atoms with Crippen LogP contribution < -0.4 is 0 Å². The van der Waals surface area contributed by atoms with Crippen LogP contribution in [0.5, 0.6) is 0 Å². The Morgan fingerprint density at radius 1 is 1.50 bits per heavy atom. The first-order valence-corrected chi connectivity index (χ1v) is 5.33. The highest BCUT2D eigenvalue weighted by Crippen LogP contribution is 2.32. The van der Waals surface area contributed by atoms with Gasteiger partial charge in [0.15, 0.2) is 0 Å². The highest BCUT2D eigenvalue weighted by molar-refractivity contribution is 5.56. The second kappa shape index (κ2) is 4.59. The van der Waals surface area contributed by atoms with Gasteiger partial charge in [-0.2, -0.15) is 0 Å². The number of carbonyl (C=O) groups excluding carboxylic acids is 1. The van der Waals surface area contributed by atoms with Crippen LogP contribution in [0.1, 0.15) is 34.1 Å². The smallest absolute Gasteiger partial charge is 0.123 e. The first-order chi connectivity index (χ1) is 6.54. The molecule has 0 saturated carbocycles. The van der Waals surface area contributed by atoms with Crippen LogP contribution in [0.25, 0.3) is 0 Å². The summed E-state index contributed by atoms with van der Waals surface area (Å²) in [6, 6.07) is 0. The molecule has 1 rings (SSSR count). The van der Waals surface area contributed by atoms with Gasteiger partial charge in [-0.1, -0.05) is 30.2 Å². The minimum Gasteiger partial charge on any atom is -0.303 e. The van der Waals surface area contributed by atoms with Crippen LogP contribution in [0, 0.1) is 17.8 Å². The molecule has 1 aliphatic rings. The van der Waals surface area contributed by atoms with Gasteiger partial charge in [0.25, 0.3) is 0 Å². The maximum atomic E-state index is 10.9. The topological polar surface area (TPSA) is 17.1 Å². The summed E-state index contributed by atoms with van der Waals surface area (Å²) in [5, 5.41) is 0. The summed E-state index contributed by atoms with van der Waals surface area (Å²) in [5.74, 6) is 1.07. The zero-order valence-corrected chi connectivity index (χ0v) is 9.58. The Balaban J connectivity index is 2.90. The molecular weight excluding hydrogens is 172 g/mol. The molecule has 3 unspecified atom stereocenters. The molecule has 0 spiro atoms. The van der Waals surface area contributed by atoms with Gasteiger partial charge < -0.3 is 4.79 Å². The first kappa shape index (κ1) is 11.2. The lowest BCUT2D eigenvalue weighted by molar-refractivity contribution is -0.112. The Hall–Kier alpha value is -0.850. The summed E-state index contributed by atoms with van der Waals surface area (Å²) < 4.78 is 0. The van der Waals surface area contributed by atoms with E-state index < -0.39 is 0 Å². The molecule has 1 aliphatic carbocycles. The number of carbonyl (C=O) groups is 1. The van der Waals surface area contributed by atoms with Gasteiger partial charge >= 0.3 is 0 Å². The Morgan fingerprint density at radius 3 is 2.64 bits per heavy atom.